The number of imide groups is 1. The summed E-state index contributed by atoms with van der Waals surface area (Å²) >= 11 is 0. The van der Waals surface area contributed by atoms with E-state index in [1.165, 1.54) is 7.11 Å². The second-order valence-electron chi connectivity index (χ2n) is 6.93. The van der Waals surface area contributed by atoms with E-state index in [1.807, 2.05) is 11.0 Å². The number of urea groups is 1. The second kappa shape index (κ2) is 8.31. The number of para-hydroxylation sites is 1. The lowest BCUT2D eigenvalue weighted by atomic mass is 9.85. The fraction of sp³-hybridized carbons (Fsp3) is 0.526. The third-order valence-electron chi connectivity index (χ3n) is 5.31. The number of carbonyl (C=O) groups excluding carboxylic acids is 3. The summed E-state index contributed by atoms with van der Waals surface area (Å²) in [5.74, 6) is -0.307. The van der Waals surface area contributed by atoms with Crippen LogP contribution in [0.5, 0.6) is 0 Å². The Morgan fingerprint density at radius 1 is 1.15 bits per heavy atom. The highest BCUT2D eigenvalue weighted by atomic mass is 16.5. The maximum absolute atomic E-state index is 12.4. The Labute approximate surface area is 153 Å². The molecular formula is C19H25N3O4. The lowest BCUT2D eigenvalue weighted by molar-refractivity contribution is -0.146. The quantitative estimate of drug-likeness (QED) is 0.804. The molecule has 1 heterocycles. The third kappa shape index (κ3) is 4.22. The van der Waals surface area contributed by atoms with E-state index in [-0.39, 0.29) is 18.6 Å². The van der Waals surface area contributed by atoms with Crippen molar-refractivity contribution < 1.29 is 19.1 Å². The Morgan fingerprint density at radius 2 is 1.88 bits per heavy atom. The highest BCUT2D eigenvalue weighted by molar-refractivity contribution is 6.01. The summed E-state index contributed by atoms with van der Waals surface area (Å²) in [6, 6.07) is 8.14. The number of ether oxygens (including phenoxy) is 1. The lowest BCUT2D eigenvalue weighted by Gasteiger charge is -2.32. The first-order chi connectivity index (χ1) is 12.6. The molecule has 0 unspecified atom stereocenters. The summed E-state index contributed by atoms with van der Waals surface area (Å²) in [7, 11) is 1.37. The van der Waals surface area contributed by atoms with Crippen molar-refractivity contribution in [3.8, 4) is 0 Å². The van der Waals surface area contributed by atoms with Crippen molar-refractivity contribution in [3.05, 3.63) is 30.3 Å². The van der Waals surface area contributed by atoms with E-state index >= 15 is 0 Å². The number of rotatable bonds is 4. The highest BCUT2D eigenvalue weighted by Gasteiger charge is 2.46. The van der Waals surface area contributed by atoms with Gasteiger partial charge in [0.2, 0.25) is 5.91 Å². The van der Waals surface area contributed by atoms with Crippen LogP contribution in [-0.2, 0) is 14.3 Å². The number of hydrogen-bond donors (Lipinski definition) is 2. The molecule has 1 saturated carbocycles. The van der Waals surface area contributed by atoms with Crippen molar-refractivity contribution in [3.63, 3.8) is 0 Å². The fourth-order valence-electron chi connectivity index (χ4n) is 4.16. The number of esters is 1. The molecule has 3 rings (SSSR count). The zero-order valence-corrected chi connectivity index (χ0v) is 14.9. The van der Waals surface area contributed by atoms with E-state index in [9.17, 15) is 14.4 Å². The first kappa shape index (κ1) is 18.4. The molecule has 0 spiro atoms. The van der Waals surface area contributed by atoms with Gasteiger partial charge in [-0.3, -0.25) is 19.8 Å². The van der Waals surface area contributed by atoms with Crippen LogP contribution in [-0.4, -0.2) is 48.5 Å². The normalized spacial score (nSPS) is 25.2. The molecule has 1 aliphatic carbocycles. The van der Waals surface area contributed by atoms with Gasteiger partial charge in [-0.05, 0) is 37.3 Å². The molecule has 2 N–H and O–H groups in total. The van der Waals surface area contributed by atoms with Gasteiger partial charge in [0.1, 0.15) is 6.04 Å². The summed E-state index contributed by atoms with van der Waals surface area (Å²) in [6.45, 7) is 0.0170. The topological polar surface area (TPSA) is 87.7 Å². The zero-order valence-electron chi connectivity index (χ0n) is 14.9. The number of amides is 3. The standard InChI is InChI=1S/C19H25N3O4/c1-26-18(24)16-11-13-7-5-6-10-15(13)22(16)12-17(23)21-19(25)20-14-8-3-2-4-9-14/h2-4,8-9,13,15-16H,5-7,10-12H2,1H3,(H2,20,21,23,25)/t13-,15+,16+/m1/s1. The van der Waals surface area contributed by atoms with Gasteiger partial charge in [0.05, 0.1) is 13.7 Å². The molecule has 0 radical (unpaired) electrons. The van der Waals surface area contributed by atoms with Crippen LogP contribution < -0.4 is 10.6 Å². The molecule has 0 aromatic heterocycles. The molecule has 1 saturated heterocycles. The van der Waals surface area contributed by atoms with Crippen molar-refractivity contribution in [1.29, 1.82) is 0 Å². The second-order valence-corrected chi connectivity index (χ2v) is 6.93. The predicted molar refractivity (Wildman–Crippen MR) is 96.5 cm³/mol. The van der Waals surface area contributed by atoms with Crippen LogP contribution in [0.2, 0.25) is 0 Å². The summed E-state index contributed by atoms with van der Waals surface area (Å²) in [5, 5.41) is 4.96. The minimum Gasteiger partial charge on any atom is -0.468 e. The number of carbonyl (C=O) groups is 3. The Morgan fingerprint density at radius 3 is 2.62 bits per heavy atom. The Balaban J connectivity index is 1.60. The van der Waals surface area contributed by atoms with E-state index in [1.54, 1.807) is 24.3 Å². The van der Waals surface area contributed by atoms with Crippen LogP contribution in [0.15, 0.2) is 30.3 Å². The molecule has 2 aliphatic rings. The van der Waals surface area contributed by atoms with Gasteiger partial charge in [-0.2, -0.15) is 0 Å². The van der Waals surface area contributed by atoms with Gasteiger partial charge >= 0.3 is 12.0 Å². The number of nitrogens with one attached hydrogen (secondary N) is 2. The van der Waals surface area contributed by atoms with Crippen LogP contribution in [0.1, 0.15) is 32.1 Å². The Hall–Kier alpha value is -2.41. The van der Waals surface area contributed by atoms with Crippen molar-refractivity contribution in [2.45, 2.75) is 44.2 Å². The molecule has 1 aromatic carbocycles. The largest absolute Gasteiger partial charge is 0.468 e. The average Bonchev–Trinajstić information content (AvgIpc) is 3.00. The van der Waals surface area contributed by atoms with Gasteiger partial charge in [-0.25, -0.2) is 4.79 Å². The zero-order chi connectivity index (χ0) is 18.5. The van der Waals surface area contributed by atoms with E-state index < -0.39 is 18.0 Å². The van der Waals surface area contributed by atoms with Crippen molar-refractivity contribution >= 4 is 23.6 Å². The molecular weight excluding hydrogens is 334 g/mol. The molecule has 7 heteroatoms. The third-order valence-corrected chi connectivity index (χ3v) is 5.31. The number of benzene rings is 1. The van der Waals surface area contributed by atoms with Crippen LogP contribution in [0.3, 0.4) is 0 Å². The van der Waals surface area contributed by atoms with Crippen molar-refractivity contribution in [2.24, 2.45) is 5.92 Å². The van der Waals surface area contributed by atoms with Gasteiger partial charge in [0, 0.05) is 11.7 Å². The van der Waals surface area contributed by atoms with Gasteiger partial charge in [0.25, 0.3) is 0 Å². The van der Waals surface area contributed by atoms with Crippen LogP contribution >= 0.6 is 0 Å². The van der Waals surface area contributed by atoms with Gasteiger partial charge in [0.15, 0.2) is 0 Å². The molecule has 0 bridgehead atoms. The maximum Gasteiger partial charge on any atom is 0.325 e. The number of methoxy groups -OCH3 is 1. The number of hydrogen-bond acceptors (Lipinski definition) is 5. The summed E-state index contributed by atoms with van der Waals surface area (Å²) in [5.41, 5.74) is 0.610. The molecule has 7 nitrogen and oxygen atoms in total. The van der Waals surface area contributed by atoms with Gasteiger partial charge in [-0.15, -0.1) is 0 Å². The molecule has 26 heavy (non-hydrogen) atoms. The average molecular weight is 359 g/mol. The maximum atomic E-state index is 12.4. The number of nitrogens with zero attached hydrogens (tertiary/aromatic N) is 1. The molecule has 1 aromatic rings. The monoisotopic (exact) mass is 359 g/mol. The van der Waals surface area contributed by atoms with Crippen molar-refractivity contribution in [1.82, 2.24) is 10.2 Å². The smallest absolute Gasteiger partial charge is 0.325 e. The first-order valence-electron chi connectivity index (χ1n) is 9.08. The number of likely N-dealkylation sites (tertiary alicyclic amines) is 1. The van der Waals surface area contributed by atoms with Crippen LogP contribution in [0.25, 0.3) is 0 Å². The van der Waals surface area contributed by atoms with Gasteiger partial charge in [-0.1, -0.05) is 31.0 Å². The molecule has 3 atom stereocenters. The van der Waals surface area contributed by atoms with Gasteiger partial charge < -0.3 is 10.1 Å². The van der Waals surface area contributed by atoms with Crippen LogP contribution in [0, 0.1) is 5.92 Å². The van der Waals surface area contributed by atoms with Crippen molar-refractivity contribution in [2.75, 3.05) is 19.0 Å². The molecule has 140 valence electrons. The predicted octanol–water partition coefficient (Wildman–Crippen LogP) is 2.14. The van der Waals surface area contributed by atoms with E-state index in [0.29, 0.717) is 11.6 Å². The molecule has 1 aliphatic heterocycles. The summed E-state index contributed by atoms with van der Waals surface area (Å²) in [6.07, 6.45) is 5.03. The van der Waals surface area contributed by atoms with Crippen LogP contribution in [0.4, 0.5) is 10.5 Å². The Bertz CT molecular complexity index is 664. The summed E-state index contributed by atoms with van der Waals surface area (Å²) in [4.78, 5) is 38.4. The Kier molecular flexibility index (Phi) is 5.88. The minimum absolute atomic E-state index is 0.0170. The molecule has 3 amide bonds. The number of anilines is 1. The lowest BCUT2D eigenvalue weighted by Crippen LogP contribution is -2.49. The van der Waals surface area contributed by atoms with E-state index in [0.717, 1.165) is 32.1 Å². The highest BCUT2D eigenvalue weighted by Crippen LogP contribution is 2.39. The van der Waals surface area contributed by atoms with E-state index in [2.05, 4.69) is 10.6 Å². The summed E-state index contributed by atoms with van der Waals surface area (Å²) < 4.78 is 4.92. The van der Waals surface area contributed by atoms with E-state index in [4.69, 9.17) is 4.74 Å². The fourth-order valence-corrected chi connectivity index (χ4v) is 4.16. The SMILES string of the molecule is COC(=O)[C@@H]1C[C@H]2CCCC[C@@H]2N1CC(=O)NC(=O)Nc1ccccc1. The molecule has 2 fully saturated rings. The minimum atomic E-state index is -0.574. The first-order valence-corrected chi connectivity index (χ1v) is 9.08. The number of fused-ring (bicyclic) bond motifs is 1.